The highest BCUT2D eigenvalue weighted by molar-refractivity contribution is 5.79. The van der Waals surface area contributed by atoms with Gasteiger partial charge < -0.3 is 10.6 Å². The number of amides is 1. The van der Waals surface area contributed by atoms with Crippen molar-refractivity contribution in [2.45, 2.75) is 32.2 Å². The highest BCUT2D eigenvalue weighted by atomic mass is 16.6. The summed E-state index contributed by atoms with van der Waals surface area (Å²) in [5, 5.41) is 10.6. The standard InChI is InChI=1S/C15H21N3O3/c1-2-12-10-17(8-7-14(12)16)15(19)9-11-3-5-13(6-4-11)18(20)21/h3-6,12,14H,2,7-10,16H2,1H3. The molecule has 1 aromatic rings. The second kappa shape index (κ2) is 6.67. The summed E-state index contributed by atoms with van der Waals surface area (Å²) in [5.41, 5.74) is 6.89. The maximum absolute atomic E-state index is 12.3. The average Bonchev–Trinajstić information content (AvgIpc) is 2.48. The van der Waals surface area contributed by atoms with Crippen molar-refractivity contribution in [3.63, 3.8) is 0 Å². The molecule has 2 atom stereocenters. The minimum atomic E-state index is -0.441. The van der Waals surface area contributed by atoms with Gasteiger partial charge in [-0.15, -0.1) is 0 Å². The smallest absolute Gasteiger partial charge is 0.269 e. The van der Waals surface area contributed by atoms with E-state index in [0.717, 1.165) is 18.4 Å². The molecule has 1 amide bonds. The Bertz CT molecular complexity index is 515. The Labute approximate surface area is 124 Å². The van der Waals surface area contributed by atoms with Crippen molar-refractivity contribution in [3.8, 4) is 0 Å². The molecule has 1 fully saturated rings. The van der Waals surface area contributed by atoms with E-state index >= 15 is 0 Å². The number of benzene rings is 1. The molecule has 0 radical (unpaired) electrons. The van der Waals surface area contributed by atoms with Gasteiger partial charge in [0.2, 0.25) is 5.91 Å². The van der Waals surface area contributed by atoms with Crippen LogP contribution in [0.15, 0.2) is 24.3 Å². The average molecular weight is 291 g/mol. The van der Waals surface area contributed by atoms with Crippen LogP contribution in [-0.4, -0.2) is 34.9 Å². The molecule has 1 aliphatic heterocycles. The first kappa shape index (κ1) is 15.4. The summed E-state index contributed by atoms with van der Waals surface area (Å²) < 4.78 is 0. The summed E-state index contributed by atoms with van der Waals surface area (Å²) in [6, 6.07) is 6.33. The third-order valence-electron chi connectivity index (χ3n) is 4.17. The summed E-state index contributed by atoms with van der Waals surface area (Å²) in [7, 11) is 0. The topological polar surface area (TPSA) is 89.5 Å². The van der Waals surface area contributed by atoms with Crippen molar-refractivity contribution in [1.82, 2.24) is 4.90 Å². The predicted octanol–water partition coefficient (Wildman–Crippen LogP) is 1.72. The Morgan fingerprint density at radius 3 is 2.67 bits per heavy atom. The third kappa shape index (κ3) is 3.78. The van der Waals surface area contributed by atoms with Gasteiger partial charge in [-0.3, -0.25) is 14.9 Å². The van der Waals surface area contributed by atoms with Gasteiger partial charge in [-0.05, 0) is 17.9 Å². The van der Waals surface area contributed by atoms with Gasteiger partial charge >= 0.3 is 0 Å². The lowest BCUT2D eigenvalue weighted by Gasteiger charge is -2.36. The van der Waals surface area contributed by atoms with Crippen LogP contribution in [-0.2, 0) is 11.2 Å². The SMILES string of the molecule is CCC1CN(C(=O)Cc2ccc([N+](=O)[O-])cc2)CCC1N. The lowest BCUT2D eigenvalue weighted by atomic mass is 9.90. The van der Waals surface area contributed by atoms with Crippen molar-refractivity contribution in [3.05, 3.63) is 39.9 Å². The van der Waals surface area contributed by atoms with Gasteiger partial charge in [0.25, 0.3) is 5.69 Å². The van der Waals surface area contributed by atoms with Gasteiger partial charge in [-0.2, -0.15) is 0 Å². The van der Waals surface area contributed by atoms with Crippen LogP contribution in [0.4, 0.5) is 5.69 Å². The molecule has 1 aromatic carbocycles. The van der Waals surface area contributed by atoms with Crippen LogP contribution >= 0.6 is 0 Å². The number of likely N-dealkylation sites (tertiary alicyclic amines) is 1. The Morgan fingerprint density at radius 2 is 2.10 bits per heavy atom. The van der Waals surface area contributed by atoms with Crippen molar-refractivity contribution in [2.24, 2.45) is 11.7 Å². The van der Waals surface area contributed by atoms with E-state index in [1.165, 1.54) is 12.1 Å². The lowest BCUT2D eigenvalue weighted by molar-refractivity contribution is -0.384. The second-order valence-electron chi connectivity index (χ2n) is 5.56. The number of non-ortho nitro benzene ring substituents is 1. The number of carbonyl (C=O) groups is 1. The first-order chi connectivity index (χ1) is 10.0. The van der Waals surface area contributed by atoms with Gasteiger partial charge in [0, 0.05) is 31.3 Å². The van der Waals surface area contributed by atoms with Crippen LogP contribution in [0, 0.1) is 16.0 Å². The maximum atomic E-state index is 12.3. The summed E-state index contributed by atoms with van der Waals surface area (Å²) in [4.78, 5) is 24.3. The zero-order valence-corrected chi connectivity index (χ0v) is 12.2. The molecule has 0 bridgehead atoms. The minimum Gasteiger partial charge on any atom is -0.342 e. The lowest BCUT2D eigenvalue weighted by Crippen LogP contribution is -2.49. The van der Waals surface area contributed by atoms with Crippen molar-refractivity contribution >= 4 is 11.6 Å². The molecule has 6 nitrogen and oxygen atoms in total. The molecule has 0 spiro atoms. The molecule has 0 saturated carbocycles. The summed E-state index contributed by atoms with van der Waals surface area (Å²) in [6.45, 7) is 3.50. The number of piperidine rings is 1. The molecule has 0 aliphatic carbocycles. The molecule has 0 aromatic heterocycles. The Hall–Kier alpha value is -1.95. The molecule has 2 rings (SSSR count). The van der Waals surface area contributed by atoms with Crippen LogP contribution in [0.25, 0.3) is 0 Å². The number of rotatable bonds is 4. The number of nitro benzene ring substituents is 1. The van der Waals surface area contributed by atoms with E-state index in [1.807, 2.05) is 4.90 Å². The van der Waals surface area contributed by atoms with E-state index in [0.29, 0.717) is 19.0 Å². The van der Waals surface area contributed by atoms with Gasteiger partial charge in [0.1, 0.15) is 0 Å². The molecule has 114 valence electrons. The van der Waals surface area contributed by atoms with Crippen molar-refractivity contribution in [2.75, 3.05) is 13.1 Å². The van der Waals surface area contributed by atoms with E-state index in [2.05, 4.69) is 6.92 Å². The molecular weight excluding hydrogens is 270 g/mol. The van der Waals surface area contributed by atoms with Crippen LogP contribution in [0.3, 0.4) is 0 Å². The van der Waals surface area contributed by atoms with Gasteiger partial charge in [0.15, 0.2) is 0 Å². The largest absolute Gasteiger partial charge is 0.342 e. The van der Waals surface area contributed by atoms with Crippen molar-refractivity contribution in [1.29, 1.82) is 0 Å². The first-order valence-electron chi connectivity index (χ1n) is 7.28. The zero-order chi connectivity index (χ0) is 15.4. The monoisotopic (exact) mass is 291 g/mol. The van der Waals surface area contributed by atoms with Crippen LogP contribution < -0.4 is 5.73 Å². The van der Waals surface area contributed by atoms with Crippen LogP contribution in [0.5, 0.6) is 0 Å². The van der Waals surface area contributed by atoms with E-state index in [9.17, 15) is 14.9 Å². The number of hydrogen-bond acceptors (Lipinski definition) is 4. The predicted molar refractivity (Wildman–Crippen MR) is 79.8 cm³/mol. The second-order valence-corrected chi connectivity index (χ2v) is 5.56. The number of nitrogens with two attached hydrogens (primary N) is 1. The van der Waals surface area contributed by atoms with E-state index < -0.39 is 4.92 Å². The van der Waals surface area contributed by atoms with Crippen molar-refractivity contribution < 1.29 is 9.72 Å². The van der Waals surface area contributed by atoms with E-state index in [1.54, 1.807) is 12.1 Å². The van der Waals surface area contributed by atoms with E-state index in [4.69, 9.17) is 5.73 Å². The molecule has 21 heavy (non-hydrogen) atoms. The Morgan fingerprint density at radius 1 is 1.43 bits per heavy atom. The molecule has 2 N–H and O–H groups in total. The normalized spacial score (nSPS) is 22.1. The fourth-order valence-electron chi connectivity index (χ4n) is 2.73. The molecule has 1 saturated heterocycles. The highest BCUT2D eigenvalue weighted by Gasteiger charge is 2.27. The Balaban J connectivity index is 1.96. The fraction of sp³-hybridized carbons (Fsp3) is 0.533. The number of nitrogens with zero attached hydrogens (tertiary/aromatic N) is 2. The molecular formula is C15H21N3O3. The third-order valence-corrected chi connectivity index (χ3v) is 4.17. The molecule has 2 unspecified atom stereocenters. The van der Waals surface area contributed by atoms with Gasteiger partial charge in [0.05, 0.1) is 11.3 Å². The van der Waals surface area contributed by atoms with Crippen LogP contribution in [0.1, 0.15) is 25.3 Å². The summed E-state index contributed by atoms with van der Waals surface area (Å²) >= 11 is 0. The highest BCUT2D eigenvalue weighted by Crippen LogP contribution is 2.20. The number of carbonyl (C=O) groups excluding carboxylic acids is 1. The molecule has 1 aliphatic rings. The molecule has 6 heteroatoms. The fourth-order valence-corrected chi connectivity index (χ4v) is 2.73. The molecule has 1 heterocycles. The minimum absolute atomic E-state index is 0.0428. The Kier molecular flexibility index (Phi) is 4.90. The van der Waals surface area contributed by atoms with Crippen LogP contribution in [0.2, 0.25) is 0 Å². The quantitative estimate of drug-likeness (QED) is 0.675. The summed E-state index contributed by atoms with van der Waals surface area (Å²) in [5.74, 6) is 0.425. The number of hydrogen-bond donors (Lipinski definition) is 1. The zero-order valence-electron chi connectivity index (χ0n) is 12.2. The van der Waals surface area contributed by atoms with Gasteiger partial charge in [-0.25, -0.2) is 0 Å². The number of nitro groups is 1. The maximum Gasteiger partial charge on any atom is 0.269 e. The first-order valence-corrected chi connectivity index (χ1v) is 7.28. The van der Waals surface area contributed by atoms with E-state index in [-0.39, 0.29) is 24.1 Å². The summed E-state index contributed by atoms with van der Waals surface area (Å²) in [6.07, 6.45) is 2.09. The van der Waals surface area contributed by atoms with Gasteiger partial charge in [-0.1, -0.05) is 25.5 Å².